The lowest BCUT2D eigenvalue weighted by Gasteiger charge is -2.24. The first-order chi connectivity index (χ1) is 6.69. The zero-order chi connectivity index (χ0) is 10.6. The first-order valence-corrected chi connectivity index (χ1v) is 5.40. The van der Waals surface area contributed by atoms with Gasteiger partial charge >= 0.3 is 0 Å². The van der Waals surface area contributed by atoms with Crippen LogP contribution in [0.2, 0.25) is 0 Å². The number of aliphatic imine (C=N–C) groups is 1. The summed E-state index contributed by atoms with van der Waals surface area (Å²) >= 11 is 0. The third kappa shape index (κ3) is 2.48. The van der Waals surface area contributed by atoms with Crippen LogP contribution in [0.5, 0.6) is 0 Å². The van der Waals surface area contributed by atoms with E-state index >= 15 is 0 Å². The first kappa shape index (κ1) is 11.0. The maximum absolute atomic E-state index is 5.43. The topological polar surface area (TPSA) is 12.4 Å². The molecule has 14 heavy (non-hydrogen) atoms. The van der Waals surface area contributed by atoms with Crippen molar-refractivity contribution < 1.29 is 0 Å². The van der Waals surface area contributed by atoms with E-state index in [0.29, 0.717) is 11.8 Å². The van der Waals surface area contributed by atoms with Gasteiger partial charge in [-0.25, -0.2) is 0 Å². The maximum Gasteiger partial charge on any atom is 0.0362 e. The van der Waals surface area contributed by atoms with Crippen LogP contribution in [0, 0.1) is 30.1 Å². The van der Waals surface area contributed by atoms with Crippen LogP contribution in [-0.2, 0) is 0 Å². The predicted molar refractivity (Wildman–Crippen MR) is 62.1 cm³/mol. The van der Waals surface area contributed by atoms with Gasteiger partial charge in [-0.05, 0) is 12.3 Å². The Morgan fingerprint density at radius 2 is 2.36 bits per heavy atom. The highest BCUT2D eigenvalue weighted by Gasteiger charge is 2.22. The Balaban J connectivity index is 2.67. The zero-order valence-corrected chi connectivity index (χ0v) is 9.33. The van der Waals surface area contributed by atoms with Gasteiger partial charge in [-0.15, -0.1) is 12.3 Å². The van der Waals surface area contributed by atoms with E-state index in [1.54, 1.807) is 0 Å². The normalized spacial score (nSPS) is 28.0. The van der Waals surface area contributed by atoms with Crippen molar-refractivity contribution in [3.63, 3.8) is 0 Å². The Morgan fingerprint density at radius 3 is 2.86 bits per heavy atom. The monoisotopic (exact) mass is 189 g/mol. The van der Waals surface area contributed by atoms with Crippen LogP contribution < -0.4 is 0 Å². The SMILES string of the molecule is C#CC(C)C1C=NC(CCC)=CC1C. The van der Waals surface area contributed by atoms with Crippen molar-refractivity contribution in [2.45, 2.75) is 33.6 Å². The molecule has 0 spiro atoms. The average Bonchev–Trinajstić information content (AvgIpc) is 2.17. The van der Waals surface area contributed by atoms with Gasteiger partial charge in [0, 0.05) is 23.7 Å². The molecule has 0 N–H and O–H groups in total. The molecule has 0 amide bonds. The number of allylic oxidation sites excluding steroid dienone is 2. The summed E-state index contributed by atoms with van der Waals surface area (Å²) in [5.41, 5.74) is 1.22. The van der Waals surface area contributed by atoms with Crippen molar-refractivity contribution >= 4 is 6.21 Å². The molecular formula is C13H19N. The second kappa shape index (κ2) is 5.00. The number of rotatable bonds is 3. The number of hydrogen-bond donors (Lipinski definition) is 0. The van der Waals surface area contributed by atoms with Crippen LogP contribution in [0.1, 0.15) is 33.6 Å². The molecule has 3 atom stereocenters. The maximum atomic E-state index is 5.43. The molecule has 0 saturated carbocycles. The highest BCUT2D eigenvalue weighted by molar-refractivity contribution is 5.65. The van der Waals surface area contributed by atoms with Crippen molar-refractivity contribution in [1.29, 1.82) is 0 Å². The molecule has 0 bridgehead atoms. The van der Waals surface area contributed by atoms with Gasteiger partial charge in [0.2, 0.25) is 0 Å². The Hall–Kier alpha value is -1.03. The predicted octanol–water partition coefficient (Wildman–Crippen LogP) is 3.28. The van der Waals surface area contributed by atoms with Crippen molar-refractivity contribution in [1.82, 2.24) is 0 Å². The van der Waals surface area contributed by atoms with E-state index in [9.17, 15) is 0 Å². The summed E-state index contributed by atoms with van der Waals surface area (Å²) in [4.78, 5) is 4.46. The first-order valence-electron chi connectivity index (χ1n) is 5.40. The molecule has 76 valence electrons. The van der Waals surface area contributed by atoms with E-state index in [4.69, 9.17) is 6.42 Å². The van der Waals surface area contributed by atoms with E-state index in [-0.39, 0.29) is 5.92 Å². The number of hydrogen-bond acceptors (Lipinski definition) is 1. The summed E-state index contributed by atoms with van der Waals surface area (Å²) in [5, 5.41) is 0. The van der Waals surface area contributed by atoms with E-state index in [1.807, 2.05) is 6.21 Å². The Morgan fingerprint density at radius 1 is 1.64 bits per heavy atom. The van der Waals surface area contributed by atoms with Crippen molar-refractivity contribution in [2.24, 2.45) is 22.7 Å². The van der Waals surface area contributed by atoms with Gasteiger partial charge in [-0.2, -0.15) is 0 Å². The van der Waals surface area contributed by atoms with Gasteiger partial charge in [0.05, 0.1) is 0 Å². The molecule has 0 aromatic carbocycles. The fourth-order valence-corrected chi connectivity index (χ4v) is 1.87. The molecule has 0 aromatic rings. The van der Waals surface area contributed by atoms with Crippen LogP contribution in [0.25, 0.3) is 0 Å². The summed E-state index contributed by atoms with van der Waals surface area (Å²) in [7, 11) is 0. The summed E-state index contributed by atoms with van der Waals surface area (Å²) < 4.78 is 0. The van der Waals surface area contributed by atoms with Crippen LogP contribution in [0.15, 0.2) is 16.8 Å². The van der Waals surface area contributed by atoms with Crippen molar-refractivity contribution in [3.8, 4) is 12.3 Å². The average molecular weight is 189 g/mol. The van der Waals surface area contributed by atoms with Gasteiger partial charge < -0.3 is 0 Å². The van der Waals surface area contributed by atoms with Crippen molar-refractivity contribution in [2.75, 3.05) is 0 Å². The molecular weight excluding hydrogens is 170 g/mol. The minimum absolute atomic E-state index is 0.285. The molecule has 0 radical (unpaired) electrons. The molecule has 1 aliphatic heterocycles. The van der Waals surface area contributed by atoms with Gasteiger partial charge in [-0.1, -0.05) is 33.3 Å². The second-order valence-corrected chi connectivity index (χ2v) is 4.08. The molecule has 1 heterocycles. The van der Waals surface area contributed by atoms with E-state index < -0.39 is 0 Å². The van der Waals surface area contributed by atoms with E-state index in [0.717, 1.165) is 12.8 Å². The lowest BCUT2D eigenvalue weighted by Crippen LogP contribution is -2.21. The van der Waals surface area contributed by atoms with E-state index in [2.05, 4.69) is 37.8 Å². The van der Waals surface area contributed by atoms with Gasteiger partial charge in [-0.3, -0.25) is 4.99 Å². The fourth-order valence-electron chi connectivity index (χ4n) is 1.87. The third-order valence-corrected chi connectivity index (χ3v) is 2.82. The molecule has 1 nitrogen and oxygen atoms in total. The summed E-state index contributed by atoms with van der Waals surface area (Å²) in [6.07, 6.45) is 12.0. The number of terminal acetylenes is 1. The standard InChI is InChI=1S/C13H19N/c1-5-7-12-8-11(4)13(9-14-12)10(3)6-2/h2,8-11,13H,5,7H2,1,3-4H3. The van der Waals surface area contributed by atoms with Crippen molar-refractivity contribution in [3.05, 3.63) is 11.8 Å². The van der Waals surface area contributed by atoms with Gasteiger partial charge in [0.15, 0.2) is 0 Å². The quantitative estimate of drug-likeness (QED) is 0.604. The molecule has 0 fully saturated rings. The zero-order valence-electron chi connectivity index (χ0n) is 9.33. The van der Waals surface area contributed by atoms with Crippen LogP contribution in [-0.4, -0.2) is 6.21 Å². The Kier molecular flexibility index (Phi) is 3.95. The van der Waals surface area contributed by atoms with Crippen LogP contribution >= 0.6 is 0 Å². The molecule has 0 saturated heterocycles. The Labute approximate surface area is 87.3 Å². The lowest BCUT2D eigenvalue weighted by atomic mass is 9.82. The minimum Gasteiger partial charge on any atom is -0.266 e. The molecule has 3 unspecified atom stereocenters. The number of nitrogens with zero attached hydrogens (tertiary/aromatic N) is 1. The highest BCUT2D eigenvalue weighted by Crippen LogP contribution is 2.26. The molecule has 0 aromatic heterocycles. The fraction of sp³-hybridized carbons (Fsp3) is 0.615. The van der Waals surface area contributed by atoms with Crippen LogP contribution in [0.4, 0.5) is 0 Å². The lowest BCUT2D eigenvalue weighted by molar-refractivity contribution is 0.455. The molecule has 1 aliphatic rings. The third-order valence-electron chi connectivity index (χ3n) is 2.82. The largest absolute Gasteiger partial charge is 0.266 e. The second-order valence-electron chi connectivity index (χ2n) is 4.08. The summed E-state index contributed by atoms with van der Waals surface area (Å²) in [6, 6.07) is 0. The smallest absolute Gasteiger partial charge is 0.0362 e. The van der Waals surface area contributed by atoms with Gasteiger partial charge in [0.25, 0.3) is 0 Å². The Bertz CT molecular complexity index is 280. The van der Waals surface area contributed by atoms with Crippen LogP contribution in [0.3, 0.4) is 0 Å². The summed E-state index contributed by atoms with van der Waals surface area (Å²) in [5.74, 6) is 4.02. The molecule has 0 aliphatic carbocycles. The molecule has 1 rings (SSSR count). The summed E-state index contributed by atoms with van der Waals surface area (Å²) in [6.45, 7) is 6.49. The minimum atomic E-state index is 0.285. The molecule has 1 heteroatoms. The van der Waals surface area contributed by atoms with Gasteiger partial charge in [0.1, 0.15) is 0 Å². The van der Waals surface area contributed by atoms with E-state index in [1.165, 1.54) is 5.70 Å². The highest BCUT2D eigenvalue weighted by atomic mass is 14.7.